The zero-order chi connectivity index (χ0) is 13.0. The van der Waals surface area contributed by atoms with Crippen LogP contribution in [0.4, 0.5) is 11.5 Å². The van der Waals surface area contributed by atoms with Crippen LogP contribution in [-0.2, 0) is 0 Å². The number of hydrogen-bond acceptors (Lipinski definition) is 6. The lowest BCUT2D eigenvalue weighted by Crippen LogP contribution is -2.35. The van der Waals surface area contributed by atoms with E-state index >= 15 is 0 Å². The highest BCUT2D eigenvalue weighted by Crippen LogP contribution is 2.24. The highest BCUT2D eigenvalue weighted by molar-refractivity contribution is 5.66. The molecule has 6 nitrogen and oxygen atoms in total. The number of nitrogens with zero attached hydrogens (tertiary/aromatic N) is 3. The molecule has 2 heterocycles. The number of rotatable bonds is 5. The molecule has 3 N–H and O–H groups in total. The SMILES string of the molecule is COc1ncnc(NCC(C)N2CCCC2)c1N. The molecule has 0 bridgehead atoms. The van der Waals surface area contributed by atoms with Gasteiger partial charge in [-0.15, -0.1) is 0 Å². The summed E-state index contributed by atoms with van der Waals surface area (Å²) in [6.45, 7) is 5.41. The fraction of sp³-hybridized carbons (Fsp3) is 0.667. The summed E-state index contributed by atoms with van der Waals surface area (Å²) in [5.41, 5.74) is 6.37. The smallest absolute Gasteiger partial charge is 0.242 e. The van der Waals surface area contributed by atoms with Crippen LogP contribution >= 0.6 is 0 Å². The molecule has 1 aromatic heterocycles. The Morgan fingerprint density at radius 3 is 2.83 bits per heavy atom. The average Bonchev–Trinajstić information content (AvgIpc) is 2.91. The molecular weight excluding hydrogens is 230 g/mol. The summed E-state index contributed by atoms with van der Waals surface area (Å²) < 4.78 is 5.07. The molecule has 0 saturated carbocycles. The second-order valence-corrected chi connectivity index (χ2v) is 4.62. The summed E-state index contributed by atoms with van der Waals surface area (Å²) in [6, 6.07) is 0.480. The molecule has 0 aliphatic carbocycles. The topological polar surface area (TPSA) is 76.3 Å². The van der Waals surface area contributed by atoms with Crippen molar-refractivity contribution < 1.29 is 4.74 Å². The van der Waals surface area contributed by atoms with E-state index in [4.69, 9.17) is 10.5 Å². The fourth-order valence-corrected chi connectivity index (χ4v) is 2.24. The summed E-state index contributed by atoms with van der Waals surface area (Å²) in [5.74, 6) is 1.06. The Bertz CT molecular complexity index is 392. The Morgan fingerprint density at radius 1 is 1.44 bits per heavy atom. The number of nitrogen functional groups attached to an aromatic ring is 1. The van der Waals surface area contributed by atoms with Crippen LogP contribution in [0, 0.1) is 0 Å². The molecule has 1 fully saturated rings. The van der Waals surface area contributed by atoms with E-state index in [0.717, 1.165) is 6.54 Å². The molecule has 18 heavy (non-hydrogen) atoms. The molecule has 1 aliphatic heterocycles. The molecule has 0 amide bonds. The normalized spacial score (nSPS) is 17.7. The molecule has 100 valence electrons. The molecule has 0 aromatic carbocycles. The standard InChI is InChI=1S/C12H21N5O/c1-9(17-5-3-4-6-17)7-14-11-10(13)12(18-2)16-8-15-11/h8-9H,3-7,13H2,1-2H3,(H,14,15,16). The van der Waals surface area contributed by atoms with E-state index < -0.39 is 0 Å². The van der Waals surface area contributed by atoms with Crippen molar-refractivity contribution in [1.82, 2.24) is 14.9 Å². The monoisotopic (exact) mass is 251 g/mol. The van der Waals surface area contributed by atoms with Gasteiger partial charge in [0.25, 0.3) is 0 Å². The van der Waals surface area contributed by atoms with Gasteiger partial charge in [0, 0.05) is 12.6 Å². The van der Waals surface area contributed by atoms with E-state index in [2.05, 4.69) is 27.1 Å². The number of nitrogens with two attached hydrogens (primary N) is 1. The Balaban J connectivity index is 1.93. The summed E-state index contributed by atoms with van der Waals surface area (Å²) in [6.07, 6.45) is 4.06. The summed E-state index contributed by atoms with van der Waals surface area (Å²) in [4.78, 5) is 10.6. The van der Waals surface area contributed by atoms with Crippen LogP contribution in [0.2, 0.25) is 0 Å². The Hall–Kier alpha value is -1.56. The van der Waals surface area contributed by atoms with Crippen LogP contribution < -0.4 is 15.8 Å². The van der Waals surface area contributed by atoms with E-state index in [1.165, 1.54) is 32.3 Å². The number of ether oxygens (including phenoxy) is 1. The maximum atomic E-state index is 5.91. The van der Waals surface area contributed by atoms with Gasteiger partial charge in [0.05, 0.1) is 7.11 Å². The second-order valence-electron chi connectivity index (χ2n) is 4.62. The van der Waals surface area contributed by atoms with Crippen LogP contribution in [-0.4, -0.2) is 47.7 Å². The van der Waals surface area contributed by atoms with Crippen LogP contribution in [0.25, 0.3) is 0 Å². The molecule has 0 radical (unpaired) electrons. The molecule has 1 saturated heterocycles. The van der Waals surface area contributed by atoms with Gasteiger partial charge in [-0.1, -0.05) is 0 Å². The van der Waals surface area contributed by atoms with Gasteiger partial charge in [-0.05, 0) is 32.9 Å². The van der Waals surface area contributed by atoms with Crippen molar-refractivity contribution in [2.24, 2.45) is 0 Å². The largest absolute Gasteiger partial charge is 0.479 e. The van der Waals surface area contributed by atoms with Crippen LogP contribution in [0.15, 0.2) is 6.33 Å². The van der Waals surface area contributed by atoms with Crippen LogP contribution in [0.5, 0.6) is 5.88 Å². The molecule has 1 aromatic rings. The quantitative estimate of drug-likeness (QED) is 0.812. The highest BCUT2D eigenvalue weighted by Gasteiger charge is 2.18. The summed E-state index contributed by atoms with van der Waals surface area (Å²) in [5, 5.41) is 3.27. The van der Waals surface area contributed by atoms with Gasteiger partial charge in [0.1, 0.15) is 12.0 Å². The van der Waals surface area contributed by atoms with Gasteiger partial charge < -0.3 is 15.8 Å². The molecule has 0 spiro atoms. The Morgan fingerprint density at radius 2 is 2.17 bits per heavy atom. The average molecular weight is 251 g/mol. The number of aromatic nitrogens is 2. The fourth-order valence-electron chi connectivity index (χ4n) is 2.24. The number of anilines is 2. The predicted molar refractivity (Wildman–Crippen MR) is 71.8 cm³/mol. The molecule has 1 atom stereocenters. The third-order valence-electron chi connectivity index (χ3n) is 3.37. The third kappa shape index (κ3) is 2.81. The van der Waals surface area contributed by atoms with Gasteiger partial charge in [0.15, 0.2) is 5.82 Å². The minimum absolute atomic E-state index is 0.418. The first kappa shape index (κ1) is 12.9. The first-order chi connectivity index (χ1) is 8.72. The molecule has 1 unspecified atom stereocenters. The minimum Gasteiger partial charge on any atom is -0.479 e. The van der Waals surface area contributed by atoms with Crippen molar-refractivity contribution in [3.63, 3.8) is 0 Å². The van der Waals surface area contributed by atoms with E-state index in [9.17, 15) is 0 Å². The van der Waals surface area contributed by atoms with Gasteiger partial charge in [-0.25, -0.2) is 4.98 Å². The Kier molecular flexibility index (Phi) is 4.19. The van der Waals surface area contributed by atoms with Crippen molar-refractivity contribution in [3.8, 4) is 5.88 Å². The summed E-state index contributed by atoms with van der Waals surface area (Å²) in [7, 11) is 1.55. The van der Waals surface area contributed by atoms with E-state index in [1.54, 1.807) is 7.11 Å². The molecular formula is C12H21N5O. The lowest BCUT2D eigenvalue weighted by atomic mass is 10.3. The maximum Gasteiger partial charge on any atom is 0.242 e. The third-order valence-corrected chi connectivity index (χ3v) is 3.37. The zero-order valence-corrected chi connectivity index (χ0v) is 11.0. The second kappa shape index (κ2) is 5.86. The van der Waals surface area contributed by atoms with Gasteiger partial charge in [0.2, 0.25) is 5.88 Å². The van der Waals surface area contributed by atoms with E-state index in [-0.39, 0.29) is 0 Å². The van der Waals surface area contributed by atoms with Crippen molar-refractivity contribution in [3.05, 3.63) is 6.33 Å². The number of methoxy groups -OCH3 is 1. The highest BCUT2D eigenvalue weighted by atomic mass is 16.5. The maximum absolute atomic E-state index is 5.91. The van der Waals surface area contributed by atoms with Gasteiger partial charge >= 0.3 is 0 Å². The number of nitrogens with one attached hydrogen (secondary N) is 1. The minimum atomic E-state index is 0.418. The van der Waals surface area contributed by atoms with Crippen LogP contribution in [0.1, 0.15) is 19.8 Å². The number of hydrogen-bond donors (Lipinski definition) is 2. The van der Waals surface area contributed by atoms with Crippen molar-refractivity contribution in [1.29, 1.82) is 0 Å². The first-order valence-electron chi connectivity index (χ1n) is 6.34. The lowest BCUT2D eigenvalue weighted by molar-refractivity contribution is 0.269. The zero-order valence-electron chi connectivity index (χ0n) is 11.0. The Labute approximate surface area is 108 Å². The van der Waals surface area contributed by atoms with Gasteiger partial charge in [-0.2, -0.15) is 4.98 Å². The summed E-state index contributed by atoms with van der Waals surface area (Å²) >= 11 is 0. The van der Waals surface area contributed by atoms with Crippen molar-refractivity contribution >= 4 is 11.5 Å². The van der Waals surface area contributed by atoms with Crippen molar-refractivity contribution in [2.75, 3.05) is 37.8 Å². The molecule has 1 aliphatic rings. The first-order valence-corrected chi connectivity index (χ1v) is 6.34. The van der Waals surface area contributed by atoms with E-state index in [0.29, 0.717) is 23.4 Å². The van der Waals surface area contributed by atoms with E-state index in [1.807, 2.05) is 0 Å². The molecule has 6 heteroatoms. The van der Waals surface area contributed by atoms with Gasteiger partial charge in [-0.3, -0.25) is 4.90 Å². The number of likely N-dealkylation sites (tertiary alicyclic amines) is 1. The predicted octanol–water partition coefficient (Wildman–Crippen LogP) is 0.964. The lowest BCUT2D eigenvalue weighted by Gasteiger charge is -2.24. The van der Waals surface area contributed by atoms with Crippen LogP contribution in [0.3, 0.4) is 0 Å². The molecule has 2 rings (SSSR count). The van der Waals surface area contributed by atoms with Crippen molar-refractivity contribution in [2.45, 2.75) is 25.8 Å².